The highest BCUT2D eigenvalue weighted by molar-refractivity contribution is 5.89. The molecule has 0 fully saturated rings. The molecule has 4 N–H and O–H groups in total. The summed E-state index contributed by atoms with van der Waals surface area (Å²) in [5.74, 6) is 1.09. The van der Waals surface area contributed by atoms with Crippen molar-refractivity contribution >= 4 is 5.82 Å². The molecule has 1 heterocycles. The number of hydrogen-bond donors (Lipinski definition) is 3. The van der Waals surface area contributed by atoms with Gasteiger partial charge in [0.1, 0.15) is 11.5 Å². The van der Waals surface area contributed by atoms with Crippen molar-refractivity contribution in [2.45, 2.75) is 0 Å². The Hall–Kier alpha value is -2.95. The predicted octanol–water partition coefficient (Wildman–Crippen LogP) is 3.04. The molecule has 0 aliphatic rings. The molecule has 0 radical (unpaired) electrons. The van der Waals surface area contributed by atoms with Crippen molar-refractivity contribution in [2.24, 2.45) is 0 Å². The molecule has 3 aromatic rings. The van der Waals surface area contributed by atoms with Gasteiger partial charge in [0.2, 0.25) is 0 Å². The van der Waals surface area contributed by atoms with Crippen LogP contribution in [0.3, 0.4) is 0 Å². The summed E-state index contributed by atoms with van der Waals surface area (Å²) in [5, 5.41) is 17.1. The van der Waals surface area contributed by atoms with Gasteiger partial charge in [0.05, 0.1) is 18.4 Å². The maximum atomic E-state index is 10.2. The zero-order valence-electron chi connectivity index (χ0n) is 11.5. The summed E-state index contributed by atoms with van der Waals surface area (Å²) in [5.41, 5.74) is 8.98. The van der Waals surface area contributed by atoms with Crippen molar-refractivity contribution in [1.82, 2.24) is 10.2 Å². The fourth-order valence-corrected chi connectivity index (χ4v) is 2.30. The van der Waals surface area contributed by atoms with Crippen molar-refractivity contribution in [1.29, 1.82) is 0 Å². The number of nitrogens with zero attached hydrogens (tertiary/aromatic N) is 1. The lowest BCUT2D eigenvalue weighted by Gasteiger charge is -2.08. The highest BCUT2D eigenvalue weighted by Gasteiger charge is 2.17. The van der Waals surface area contributed by atoms with Crippen molar-refractivity contribution in [3.8, 4) is 33.9 Å². The Morgan fingerprint density at radius 2 is 1.90 bits per heavy atom. The SMILES string of the molecule is COc1ccc(-c2[nH]nc(N)c2-c2ccccc2)c(O)c1. The molecule has 0 saturated carbocycles. The van der Waals surface area contributed by atoms with Crippen molar-refractivity contribution in [3.05, 3.63) is 48.5 Å². The highest BCUT2D eigenvalue weighted by Crippen LogP contribution is 2.39. The quantitative estimate of drug-likeness (QED) is 0.689. The lowest BCUT2D eigenvalue weighted by molar-refractivity contribution is 0.408. The molecule has 21 heavy (non-hydrogen) atoms. The Morgan fingerprint density at radius 3 is 2.57 bits per heavy atom. The summed E-state index contributed by atoms with van der Waals surface area (Å²) in [4.78, 5) is 0. The van der Waals surface area contributed by atoms with E-state index in [2.05, 4.69) is 10.2 Å². The summed E-state index contributed by atoms with van der Waals surface area (Å²) in [6.45, 7) is 0. The number of hydrogen-bond acceptors (Lipinski definition) is 4. The fourth-order valence-electron chi connectivity index (χ4n) is 2.30. The summed E-state index contributed by atoms with van der Waals surface area (Å²) >= 11 is 0. The molecule has 0 aliphatic heterocycles. The number of aromatic amines is 1. The van der Waals surface area contributed by atoms with E-state index in [4.69, 9.17) is 10.5 Å². The van der Waals surface area contributed by atoms with Crippen LogP contribution in [-0.2, 0) is 0 Å². The second-order valence-electron chi connectivity index (χ2n) is 4.61. The molecule has 0 atom stereocenters. The standard InChI is InChI=1S/C16H15N3O2/c1-21-11-7-8-12(13(20)9-11)15-14(16(17)19-18-15)10-5-3-2-4-6-10/h2-9,20H,1H3,(H3,17,18,19). The van der Waals surface area contributed by atoms with E-state index in [-0.39, 0.29) is 5.75 Å². The average Bonchev–Trinajstić information content (AvgIpc) is 2.89. The molecule has 0 unspecified atom stereocenters. The van der Waals surface area contributed by atoms with E-state index in [0.29, 0.717) is 22.8 Å². The molecular weight excluding hydrogens is 266 g/mol. The van der Waals surface area contributed by atoms with Gasteiger partial charge in [-0.2, -0.15) is 5.10 Å². The molecule has 0 saturated heterocycles. The van der Waals surface area contributed by atoms with Crippen molar-refractivity contribution < 1.29 is 9.84 Å². The van der Waals surface area contributed by atoms with Gasteiger partial charge >= 0.3 is 0 Å². The molecule has 3 rings (SSSR count). The maximum Gasteiger partial charge on any atom is 0.153 e. The van der Waals surface area contributed by atoms with Gasteiger partial charge in [-0.15, -0.1) is 0 Å². The van der Waals surface area contributed by atoms with Crippen LogP contribution in [0.4, 0.5) is 5.82 Å². The number of aromatic nitrogens is 2. The third kappa shape index (κ3) is 2.29. The van der Waals surface area contributed by atoms with E-state index >= 15 is 0 Å². The number of phenolic OH excluding ortho intramolecular Hbond substituents is 1. The van der Waals surface area contributed by atoms with Gasteiger partial charge in [-0.05, 0) is 17.7 Å². The minimum atomic E-state index is 0.107. The van der Waals surface area contributed by atoms with Crippen LogP contribution < -0.4 is 10.5 Å². The number of benzene rings is 2. The normalized spacial score (nSPS) is 10.5. The largest absolute Gasteiger partial charge is 0.507 e. The number of anilines is 1. The van der Waals surface area contributed by atoms with Crippen LogP contribution in [0, 0.1) is 0 Å². The Bertz CT molecular complexity index is 766. The number of phenols is 1. The first-order valence-corrected chi connectivity index (χ1v) is 6.47. The zero-order chi connectivity index (χ0) is 14.8. The van der Waals surface area contributed by atoms with Crippen LogP contribution in [0.5, 0.6) is 11.5 Å². The predicted molar refractivity (Wildman–Crippen MR) is 82.1 cm³/mol. The van der Waals surface area contributed by atoms with Crippen molar-refractivity contribution in [3.63, 3.8) is 0 Å². The van der Waals surface area contributed by atoms with E-state index in [9.17, 15) is 5.11 Å². The number of methoxy groups -OCH3 is 1. The lowest BCUT2D eigenvalue weighted by Crippen LogP contribution is -1.89. The van der Waals surface area contributed by atoms with Gasteiger partial charge < -0.3 is 15.6 Å². The molecule has 0 spiro atoms. The summed E-state index contributed by atoms with van der Waals surface area (Å²) in [6, 6.07) is 14.8. The minimum absolute atomic E-state index is 0.107. The summed E-state index contributed by atoms with van der Waals surface area (Å²) in [7, 11) is 1.55. The number of nitrogens with one attached hydrogen (secondary N) is 1. The van der Waals surface area contributed by atoms with Gasteiger partial charge in [-0.25, -0.2) is 0 Å². The smallest absolute Gasteiger partial charge is 0.153 e. The third-order valence-electron chi connectivity index (χ3n) is 3.33. The van der Waals surface area contributed by atoms with Gasteiger partial charge in [0.15, 0.2) is 5.82 Å². The minimum Gasteiger partial charge on any atom is -0.507 e. The van der Waals surface area contributed by atoms with Gasteiger partial charge in [0, 0.05) is 11.6 Å². The van der Waals surface area contributed by atoms with E-state index in [0.717, 1.165) is 11.1 Å². The van der Waals surface area contributed by atoms with Crippen LogP contribution in [0.15, 0.2) is 48.5 Å². The Labute approximate surface area is 122 Å². The first kappa shape index (κ1) is 13.1. The number of nitrogen functional groups attached to an aromatic ring is 1. The van der Waals surface area contributed by atoms with Crippen LogP contribution in [-0.4, -0.2) is 22.4 Å². The van der Waals surface area contributed by atoms with Gasteiger partial charge in [-0.3, -0.25) is 5.10 Å². The molecule has 0 bridgehead atoms. The molecule has 1 aromatic heterocycles. The summed E-state index contributed by atoms with van der Waals surface area (Å²) < 4.78 is 5.10. The third-order valence-corrected chi connectivity index (χ3v) is 3.33. The van der Waals surface area contributed by atoms with Crippen LogP contribution >= 0.6 is 0 Å². The first-order valence-electron chi connectivity index (χ1n) is 6.47. The maximum absolute atomic E-state index is 10.2. The van der Waals surface area contributed by atoms with E-state index in [1.807, 2.05) is 30.3 Å². The van der Waals surface area contributed by atoms with E-state index in [1.165, 1.54) is 0 Å². The molecule has 5 heteroatoms. The first-order chi connectivity index (χ1) is 10.2. The number of rotatable bonds is 3. The van der Waals surface area contributed by atoms with Crippen LogP contribution in [0.1, 0.15) is 0 Å². The highest BCUT2D eigenvalue weighted by atomic mass is 16.5. The zero-order valence-corrected chi connectivity index (χ0v) is 11.5. The number of nitrogens with two attached hydrogens (primary N) is 1. The van der Waals surface area contributed by atoms with Crippen molar-refractivity contribution in [2.75, 3.05) is 12.8 Å². The fraction of sp³-hybridized carbons (Fsp3) is 0.0625. The molecule has 5 nitrogen and oxygen atoms in total. The Morgan fingerprint density at radius 1 is 1.14 bits per heavy atom. The van der Waals surface area contributed by atoms with E-state index < -0.39 is 0 Å². The average molecular weight is 281 g/mol. The summed E-state index contributed by atoms with van der Waals surface area (Å²) in [6.07, 6.45) is 0. The topological polar surface area (TPSA) is 84.2 Å². The number of ether oxygens (including phenoxy) is 1. The van der Waals surface area contributed by atoms with Crippen LogP contribution in [0.25, 0.3) is 22.4 Å². The Balaban J connectivity index is 2.17. The Kier molecular flexibility index (Phi) is 3.23. The number of aromatic hydroxyl groups is 1. The molecule has 2 aromatic carbocycles. The number of H-pyrrole nitrogens is 1. The monoisotopic (exact) mass is 281 g/mol. The van der Waals surface area contributed by atoms with Gasteiger partial charge in [0.25, 0.3) is 0 Å². The van der Waals surface area contributed by atoms with Gasteiger partial charge in [-0.1, -0.05) is 30.3 Å². The molecule has 106 valence electrons. The van der Waals surface area contributed by atoms with E-state index in [1.54, 1.807) is 25.3 Å². The lowest BCUT2D eigenvalue weighted by atomic mass is 10.0. The molecule has 0 aliphatic carbocycles. The second kappa shape index (κ2) is 5.20. The second-order valence-corrected chi connectivity index (χ2v) is 4.61. The van der Waals surface area contributed by atoms with Crippen LogP contribution in [0.2, 0.25) is 0 Å². The molecule has 0 amide bonds. The molecular formula is C16H15N3O2.